The Morgan fingerprint density at radius 3 is 0.784 bits per heavy atom. The molecule has 0 aliphatic carbocycles. The van der Waals surface area contributed by atoms with E-state index in [9.17, 15) is 105 Å². The number of aromatic nitrogens is 1. The van der Waals surface area contributed by atoms with E-state index < -0.39 is 195 Å². The Hall–Kier alpha value is -6.37. The SMILES string of the molecule is CCCCc1cc[n+](Cc2ccccc2)cc1.FC(F)(F)c1cc([B-](c2cc(C(F)(F)F)cc(C(F)(F)F)c2)(c2cc(C(F)(F)F)cc(C(F)(F)F)c2)c2cc(C(F)(F)F)cc(C(F)(F)F)c2)cc(C(F)(F)F)c1. The summed E-state index contributed by atoms with van der Waals surface area (Å²) in [6, 6.07) is 6.22. The van der Waals surface area contributed by atoms with Gasteiger partial charge in [-0.15, -0.1) is 0 Å². The van der Waals surface area contributed by atoms with E-state index in [1.807, 2.05) is 0 Å². The van der Waals surface area contributed by atoms with Crippen molar-refractivity contribution < 1.29 is 110 Å². The van der Waals surface area contributed by atoms with Crippen LogP contribution in [0.1, 0.15) is 75.4 Å². The second-order valence-electron chi connectivity index (χ2n) is 16.7. The Kier molecular flexibility index (Phi) is 16.4. The molecule has 1 aromatic heterocycles. The number of rotatable bonds is 9. The fraction of sp³-hybridized carbons (Fsp3) is 0.271. The Labute approximate surface area is 403 Å². The second kappa shape index (κ2) is 20.7. The van der Waals surface area contributed by atoms with Crippen LogP contribution < -0.4 is 26.4 Å². The molecule has 0 N–H and O–H groups in total. The van der Waals surface area contributed by atoms with Gasteiger partial charge < -0.3 is 0 Å². The third-order valence-corrected chi connectivity index (χ3v) is 11.4. The van der Waals surface area contributed by atoms with Crippen molar-refractivity contribution in [2.45, 2.75) is 82.1 Å². The van der Waals surface area contributed by atoms with E-state index in [-0.39, 0.29) is 0 Å². The van der Waals surface area contributed by atoms with Gasteiger partial charge in [0.05, 0.1) is 44.5 Å². The molecule has 74 heavy (non-hydrogen) atoms. The molecule has 5 aromatic carbocycles. The standard InChI is InChI=1S/C32H12BF24.C16H20N/c34-25(35,36)13-1-14(26(37,38)39)6-21(5-13)33(22-7-15(27(40,41)42)2-16(8-22)28(43,44)45,23-9-17(29(46,47)48)3-18(10-23)30(49,50)51)24-11-19(31(52,53)54)4-20(12-24)32(55,56)57;1-2-3-7-15-10-12-17(13-11-15)14-16-8-5-4-6-9-16/h1-12H;4-6,8-13H,2-3,7,14H2,1H3/q-1;+1. The molecule has 0 amide bonds. The van der Waals surface area contributed by atoms with Crippen LogP contribution in [0.25, 0.3) is 0 Å². The van der Waals surface area contributed by atoms with Crippen LogP contribution in [0.15, 0.2) is 128 Å². The fourth-order valence-corrected chi connectivity index (χ4v) is 8.01. The van der Waals surface area contributed by atoms with Crippen molar-refractivity contribution in [2.24, 2.45) is 0 Å². The van der Waals surface area contributed by atoms with E-state index >= 15 is 0 Å². The van der Waals surface area contributed by atoms with Gasteiger partial charge in [-0.05, 0) is 42.7 Å². The summed E-state index contributed by atoms with van der Waals surface area (Å²) in [5, 5.41) is 0. The van der Waals surface area contributed by atoms with Crippen LogP contribution >= 0.6 is 0 Å². The van der Waals surface area contributed by atoms with Crippen LogP contribution in [0.2, 0.25) is 0 Å². The molecule has 400 valence electrons. The summed E-state index contributed by atoms with van der Waals surface area (Å²) in [6.07, 6.45) is -46.7. The van der Waals surface area contributed by atoms with Gasteiger partial charge in [-0.2, -0.15) is 127 Å². The van der Waals surface area contributed by atoms with Crippen molar-refractivity contribution in [2.75, 3.05) is 0 Å². The molecule has 0 unspecified atom stereocenters. The van der Waals surface area contributed by atoms with E-state index in [0.29, 0.717) is 0 Å². The molecule has 1 nitrogen and oxygen atoms in total. The molecule has 6 aromatic rings. The lowest BCUT2D eigenvalue weighted by Gasteiger charge is -2.46. The highest BCUT2D eigenvalue weighted by atomic mass is 19.4. The molecule has 0 saturated carbocycles. The number of nitrogens with zero attached hydrogens (tertiary/aromatic N) is 1. The number of hydrogen-bond donors (Lipinski definition) is 0. The Balaban J connectivity index is 0.000000500. The molecule has 0 fully saturated rings. The van der Waals surface area contributed by atoms with E-state index in [0.717, 1.165) is 6.54 Å². The zero-order chi connectivity index (χ0) is 55.8. The van der Waals surface area contributed by atoms with Gasteiger partial charge in [0.25, 0.3) is 0 Å². The smallest absolute Gasteiger partial charge is 0.201 e. The minimum Gasteiger partial charge on any atom is -0.201 e. The lowest BCUT2D eigenvalue weighted by atomic mass is 9.12. The second-order valence-corrected chi connectivity index (χ2v) is 16.7. The molecule has 0 aliphatic heterocycles. The number of alkyl halides is 24. The van der Waals surface area contributed by atoms with Crippen molar-refractivity contribution in [1.82, 2.24) is 0 Å². The van der Waals surface area contributed by atoms with Gasteiger partial charge in [-0.3, -0.25) is 0 Å². The largest absolute Gasteiger partial charge is 0.416 e. The van der Waals surface area contributed by atoms with Crippen molar-refractivity contribution in [1.29, 1.82) is 0 Å². The third-order valence-electron chi connectivity index (χ3n) is 11.4. The quantitative estimate of drug-likeness (QED) is 0.0772. The van der Waals surface area contributed by atoms with Gasteiger partial charge >= 0.3 is 49.4 Å². The summed E-state index contributed by atoms with van der Waals surface area (Å²) < 4.78 is 343. The molecule has 26 heteroatoms. The Bertz CT molecular complexity index is 2450. The zero-order valence-electron chi connectivity index (χ0n) is 37.0. The van der Waals surface area contributed by atoms with E-state index in [2.05, 4.69) is 66.3 Å². The zero-order valence-corrected chi connectivity index (χ0v) is 37.0. The number of aryl methyl sites for hydroxylation is 1. The molecule has 0 spiro atoms. The van der Waals surface area contributed by atoms with Crippen LogP contribution in [0.4, 0.5) is 105 Å². The molecule has 0 aliphatic rings. The fourth-order valence-electron chi connectivity index (χ4n) is 8.01. The molecule has 0 saturated heterocycles. The number of unbranched alkanes of at least 4 members (excludes halogenated alkanes) is 1. The van der Waals surface area contributed by atoms with Crippen molar-refractivity contribution in [3.05, 3.63) is 183 Å². The average molecular weight is 1090 g/mol. The number of hydrogen-bond acceptors (Lipinski definition) is 0. The molecule has 0 bridgehead atoms. The maximum absolute atomic E-state index is 14.2. The minimum absolute atomic E-state index is 0.691. The molecular formula is C48H32BF24N. The van der Waals surface area contributed by atoms with E-state index in [1.54, 1.807) is 0 Å². The number of pyridine rings is 1. The lowest BCUT2D eigenvalue weighted by Crippen LogP contribution is -2.75. The van der Waals surface area contributed by atoms with Gasteiger partial charge in [-0.1, -0.05) is 92.2 Å². The summed E-state index contributed by atoms with van der Waals surface area (Å²) in [5.74, 6) is 0. The van der Waals surface area contributed by atoms with Gasteiger partial charge in [0, 0.05) is 17.7 Å². The van der Waals surface area contributed by atoms with Gasteiger partial charge in [0.2, 0.25) is 0 Å². The Morgan fingerprint density at radius 2 is 0.568 bits per heavy atom. The first-order chi connectivity index (χ1) is 33.6. The summed E-state index contributed by atoms with van der Waals surface area (Å²) >= 11 is 0. The molecule has 0 atom stereocenters. The van der Waals surface area contributed by atoms with Crippen LogP contribution in [0, 0.1) is 0 Å². The van der Waals surface area contributed by atoms with Crippen LogP contribution in [0.3, 0.4) is 0 Å². The van der Waals surface area contributed by atoms with Crippen molar-refractivity contribution in [3.8, 4) is 0 Å². The van der Waals surface area contributed by atoms with Crippen molar-refractivity contribution in [3.63, 3.8) is 0 Å². The predicted octanol–water partition coefficient (Wildman–Crippen LogP) is 14.6. The molecule has 1 heterocycles. The summed E-state index contributed by atoms with van der Waals surface area (Å²) in [5.41, 5.74) is -27.4. The number of benzene rings is 5. The van der Waals surface area contributed by atoms with Crippen molar-refractivity contribution >= 4 is 28.0 Å². The predicted molar refractivity (Wildman–Crippen MR) is 221 cm³/mol. The van der Waals surface area contributed by atoms with Gasteiger partial charge in [-0.25, -0.2) is 4.57 Å². The number of halogens is 24. The maximum Gasteiger partial charge on any atom is 0.416 e. The van der Waals surface area contributed by atoms with Crippen LogP contribution in [0.5, 0.6) is 0 Å². The normalized spacial score (nSPS) is 13.4. The lowest BCUT2D eigenvalue weighted by molar-refractivity contribution is -0.688. The summed E-state index contributed by atoms with van der Waals surface area (Å²) in [7, 11) is 0. The maximum atomic E-state index is 14.2. The molecule has 0 radical (unpaired) electrons. The first kappa shape index (κ1) is 58.5. The third kappa shape index (κ3) is 14.1. The van der Waals surface area contributed by atoms with E-state index in [4.69, 9.17) is 0 Å². The van der Waals surface area contributed by atoms with Gasteiger partial charge in [0.1, 0.15) is 6.15 Å². The highest BCUT2D eigenvalue weighted by molar-refractivity contribution is 7.20. The first-order valence-electron chi connectivity index (χ1n) is 21.0. The van der Waals surface area contributed by atoms with Crippen LogP contribution in [-0.2, 0) is 62.4 Å². The highest BCUT2D eigenvalue weighted by Crippen LogP contribution is 2.41. The summed E-state index contributed by atoms with van der Waals surface area (Å²) in [6.45, 7) is 3.19. The highest BCUT2D eigenvalue weighted by Gasteiger charge is 2.47. The molecule has 6 rings (SSSR count). The monoisotopic (exact) mass is 1090 g/mol. The first-order valence-corrected chi connectivity index (χ1v) is 21.0. The Morgan fingerprint density at radius 1 is 0.324 bits per heavy atom. The molecular weight excluding hydrogens is 1060 g/mol. The van der Waals surface area contributed by atoms with Gasteiger partial charge in [0.15, 0.2) is 18.9 Å². The minimum atomic E-state index is -6.13. The van der Waals surface area contributed by atoms with Crippen LogP contribution in [-0.4, -0.2) is 6.15 Å². The van der Waals surface area contributed by atoms with E-state index in [1.165, 1.54) is 30.4 Å². The summed E-state index contributed by atoms with van der Waals surface area (Å²) in [4.78, 5) is 0. The topological polar surface area (TPSA) is 3.88 Å². The average Bonchev–Trinajstić information content (AvgIpc) is 3.27.